The van der Waals surface area contributed by atoms with Crippen molar-refractivity contribution in [2.75, 3.05) is 37.6 Å². The van der Waals surface area contributed by atoms with Gasteiger partial charge < -0.3 is 14.7 Å². The van der Waals surface area contributed by atoms with Crippen LogP contribution in [0.5, 0.6) is 0 Å². The molecule has 5 nitrogen and oxygen atoms in total. The summed E-state index contributed by atoms with van der Waals surface area (Å²) in [6.45, 7) is 5.95. The SMILES string of the molecule is Cc1ccc(CN2C[C@@H](C(=O)N3CCN(c4ccccc4Cl)CC3)CC2=O)cc1. The van der Waals surface area contributed by atoms with E-state index in [2.05, 4.69) is 17.0 Å². The van der Waals surface area contributed by atoms with Crippen LogP contribution in [0.4, 0.5) is 5.69 Å². The standard InChI is InChI=1S/C23H26ClN3O2/c1-17-6-8-18(9-7-17)15-27-16-19(14-22(27)28)23(29)26-12-10-25(11-13-26)21-5-3-2-4-20(21)24/h2-9,19H,10-16H2,1H3/t19-/m0/s1. The Labute approximate surface area is 176 Å². The zero-order valence-corrected chi connectivity index (χ0v) is 17.4. The van der Waals surface area contributed by atoms with Gasteiger partial charge in [-0.1, -0.05) is 53.6 Å². The first-order valence-corrected chi connectivity index (χ1v) is 10.5. The minimum atomic E-state index is -0.236. The number of aryl methyl sites for hydroxylation is 1. The van der Waals surface area contributed by atoms with Crippen molar-refractivity contribution in [3.63, 3.8) is 0 Å². The summed E-state index contributed by atoms with van der Waals surface area (Å²) < 4.78 is 0. The highest BCUT2D eigenvalue weighted by Crippen LogP contribution is 2.27. The first kappa shape index (κ1) is 19.8. The van der Waals surface area contributed by atoms with E-state index >= 15 is 0 Å². The third kappa shape index (κ3) is 4.40. The summed E-state index contributed by atoms with van der Waals surface area (Å²) in [4.78, 5) is 31.4. The van der Waals surface area contributed by atoms with Gasteiger partial charge in [0.1, 0.15) is 0 Å². The lowest BCUT2D eigenvalue weighted by Crippen LogP contribution is -2.50. The van der Waals surface area contributed by atoms with Gasteiger partial charge in [0.2, 0.25) is 11.8 Å². The highest BCUT2D eigenvalue weighted by molar-refractivity contribution is 6.33. The molecule has 2 aromatic rings. The van der Waals surface area contributed by atoms with Crippen molar-refractivity contribution in [2.45, 2.75) is 19.9 Å². The van der Waals surface area contributed by atoms with Crippen LogP contribution in [0.3, 0.4) is 0 Å². The van der Waals surface area contributed by atoms with E-state index in [1.54, 1.807) is 0 Å². The van der Waals surface area contributed by atoms with Crippen molar-refractivity contribution in [1.82, 2.24) is 9.80 Å². The first-order valence-electron chi connectivity index (χ1n) is 10.1. The second-order valence-corrected chi connectivity index (χ2v) is 8.33. The number of carbonyl (C=O) groups is 2. The van der Waals surface area contributed by atoms with Crippen molar-refractivity contribution in [2.24, 2.45) is 5.92 Å². The first-order chi connectivity index (χ1) is 14.0. The summed E-state index contributed by atoms with van der Waals surface area (Å²) >= 11 is 6.30. The monoisotopic (exact) mass is 411 g/mol. The third-order valence-corrected chi connectivity index (χ3v) is 6.16. The van der Waals surface area contributed by atoms with Crippen molar-refractivity contribution in [1.29, 1.82) is 0 Å². The molecule has 6 heteroatoms. The number of anilines is 1. The third-order valence-electron chi connectivity index (χ3n) is 5.84. The number of para-hydroxylation sites is 1. The topological polar surface area (TPSA) is 43.9 Å². The minimum Gasteiger partial charge on any atom is -0.367 e. The Bertz CT molecular complexity index is 891. The second kappa shape index (κ2) is 8.46. The molecule has 0 unspecified atom stereocenters. The number of likely N-dealkylation sites (tertiary alicyclic amines) is 1. The number of amides is 2. The smallest absolute Gasteiger partial charge is 0.228 e. The van der Waals surface area contributed by atoms with Crippen LogP contribution in [0.1, 0.15) is 17.5 Å². The van der Waals surface area contributed by atoms with Gasteiger partial charge in [0.05, 0.1) is 16.6 Å². The molecule has 0 aromatic heterocycles. The lowest BCUT2D eigenvalue weighted by molar-refractivity contribution is -0.136. The van der Waals surface area contributed by atoms with Crippen molar-refractivity contribution >= 4 is 29.1 Å². The van der Waals surface area contributed by atoms with Crippen molar-refractivity contribution in [3.05, 3.63) is 64.7 Å². The number of rotatable bonds is 4. The average Bonchev–Trinajstić information content (AvgIpc) is 3.10. The van der Waals surface area contributed by atoms with Crippen LogP contribution in [-0.2, 0) is 16.1 Å². The van der Waals surface area contributed by atoms with Gasteiger partial charge >= 0.3 is 0 Å². The van der Waals surface area contributed by atoms with E-state index < -0.39 is 0 Å². The van der Waals surface area contributed by atoms with E-state index in [1.165, 1.54) is 5.56 Å². The molecule has 2 amide bonds. The molecular weight excluding hydrogens is 386 g/mol. The van der Waals surface area contributed by atoms with Crippen LogP contribution >= 0.6 is 11.6 Å². The second-order valence-electron chi connectivity index (χ2n) is 7.92. The minimum absolute atomic E-state index is 0.0682. The Hall–Kier alpha value is -2.53. The Morgan fingerprint density at radius 3 is 2.41 bits per heavy atom. The summed E-state index contributed by atoms with van der Waals surface area (Å²) in [7, 11) is 0. The highest BCUT2D eigenvalue weighted by atomic mass is 35.5. The van der Waals surface area contributed by atoms with Gasteiger partial charge in [0, 0.05) is 45.7 Å². The fourth-order valence-electron chi connectivity index (χ4n) is 4.14. The number of hydrogen-bond donors (Lipinski definition) is 0. The number of halogens is 1. The molecule has 1 atom stereocenters. The molecule has 0 aliphatic carbocycles. The van der Waals surface area contributed by atoms with Gasteiger partial charge in [-0.25, -0.2) is 0 Å². The van der Waals surface area contributed by atoms with Crippen LogP contribution in [0.25, 0.3) is 0 Å². The van der Waals surface area contributed by atoms with E-state index in [9.17, 15) is 9.59 Å². The molecule has 2 saturated heterocycles. The average molecular weight is 412 g/mol. The van der Waals surface area contributed by atoms with Gasteiger partial charge in [0.15, 0.2) is 0 Å². The fourth-order valence-corrected chi connectivity index (χ4v) is 4.39. The van der Waals surface area contributed by atoms with Crippen molar-refractivity contribution < 1.29 is 9.59 Å². The summed E-state index contributed by atoms with van der Waals surface area (Å²) in [6.07, 6.45) is 0.315. The van der Waals surface area contributed by atoms with Crippen LogP contribution < -0.4 is 4.90 Å². The summed E-state index contributed by atoms with van der Waals surface area (Å²) in [5.74, 6) is -0.0676. The Morgan fingerprint density at radius 2 is 1.72 bits per heavy atom. The molecule has 0 saturated carbocycles. The largest absolute Gasteiger partial charge is 0.367 e. The number of benzene rings is 2. The molecule has 2 heterocycles. The van der Waals surface area contributed by atoms with E-state index in [-0.39, 0.29) is 17.7 Å². The number of hydrogen-bond acceptors (Lipinski definition) is 3. The van der Waals surface area contributed by atoms with Crippen LogP contribution in [0.15, 0.2) is 48.5 Å². The van der Waals surface area contributed by atoms with E-state index in [1.807, 2.05) is 53.1 Å². The molecular formula is C23H26ClN3O2. The molecule has 152 valence electrons. The van der Waals surface area contributed by atoms with E-state index in [4.69, 9.17) is 11.6 Å². The maximum absolute atomic E-state index is 13.0. The molecule has 2 aliphatic rings. The van der Waals surface area contributed by atoms with Crippen LogP contribution in [-0.4, -0.2) is 54.3 Å². The Balaban J connectivity index is 1.33. The number of nitrogens with zero attached hydrogens (tertiary/aromatic N) is 3. The van der Waals surface area contributed by atoms with Gasteiger partial charge in [0.25, 0.3) is 0 Å². The molecule has 2 fully saturated rings. The molecule has 0 radical (unpaired) electrons. The molecule has 29 heavy (non-hydrogen) atoms. The van der Waals surface area contributed by atoms with Gasteiger partial charge in [-0.15, -0.1) is 0 Å². The number of piperazine rings is 1. The normalized spacial score (nSPS) is 19.7. The molecule has 0 bridgehead atoms. The lowest BCUT2D eigenvalue weighted by Gasteiger charge is -2.37. The molecule has 0 spiro atoms. The number of carbonyl (C=O) groups excluding carboxylic acids is 2. The summed E-state index contributed by atoms with van der Waals surface area (Å²) in [6, 6.07) is 16.0. The quantitative estimate of drug-likeness (QED) is 0.775. The molecule has 2 aromatic carbocycles. The maximum atomic E-state index is 13.0. The Morgan fingerprint density at radius 1 is 1.03 bits per heavy atom. The van der Waals surface area contributed by atoms with Gasteiger partial charge in [-0.05, 0) is 24.6 Å². The van der Waals surface area contributed by atoms with Gasteiger partial charge in [-0.3, -0.25) is 9.59 Å². The maximum Gasteiger partial charge on any atom is 0.228 e. The summed E-state index contributed by atoms with van der Waals surface area (Å²) in [5, 5.41) is 0.736. The van der Waals surface area contributed by atoms with E-state index in [0.29, 0.717) is 32.6 Å². The van der Waals surface area contributed by atoms with Crippen molar-refractivity contribution in [3.8, 4) is 0 Å². The van der Waals surface area contributed by atoms with Crippen LogP contribution in [0, 0.1) is 12.8 Å². The van der Waals surface area contributed by atoms with Crippen LogP contribution in [0.2, 0.25) is 5.02 Å². The zero-order chi connectivity index (χ0) is 20.4. The summed E-state index contributed by atoms with van der Waals surface area (Å²) in [5.41, 5.74) is 3.32. The van der Waals surface area contributed by atoms with E-state index in [0.717, 1.165) is 29.4 Å². The molecule has 2 aliphatic heterocycles. The zero-order valence-electron chi connectivity index (χ0n) is 16.7. The molecule has 4 rings (SSSR count). The fraction of sp³-hybridized carbons (Fsp3) is 0.391. The lowest BCUT2D eigenvalue weighted by atomic mass is 10.1. The Kier molecular flexibility index (Phi) is 5.76. The van der Waals surface area contributed by atoms with Gasteiger partial charge in [-0.2, -0.15) is 0 Å². The predicted molar refractivity (Wildman–Crippen MR) is 115 cm³/mol. The predicted octanol–water partition coefficient (Wildman–Crippen LogP) is 3.35. The molecule has 0 N–H and O–H groups in total. The highest BCUT2D eigenvalue weighted by Gasteiger charge is 2.37.